The van der Waals surface area contributed by atoms with Gasteiger partial charge in [-0.1, -0.05) is 43.7 Å². The number of para-hydroxylation sites is 1. The SMILES string of the molecule is CCC(=O)CCCCCNC(=O)NCCCCC(NC(=O)[C@H](Cc1c[nH]c2ccccc12)NC(=O)C(CCSC)NC(=O)c1ccc(CNC(=O)CN2CCN(CC(=O)O)CCN(CC(=O)O)CCN(CC(=O)O)CC2)cc1)C(=O)O. The lowest BCUT2D eigenvalue weighted by molar-refractivity contribution is -0.142. The second-order valence-electron chi connectivity index (χ2n) is 20.0. The minimum Gasteiger partial charge on any atom is -0.480 e. The number of amides is 6. The lowest BCUT2D eigenvalue weighted by Crippen LogP contribution is -2.56. The number of hydrogen-bond acceptors (Lipinski definition) is 15. The first kappa shape index (κ1) is 66.4. The van der Waals surface area contributed by atoms with Crippen LogP contribution in [-0.4, -0.2) is 226 Å². The smallest absolute Gasteiger partial charge is 0.326 e. The highest BCUT2D eigenvalue weighted by molar-refractivity contribution is 7.98. The standard InChI is InChI=1S/C55H81N11O14S/c1-3-41(67)11-5-4-9-20-56-55(80)57-21-10-8-14-45(54(78)79)61-53(77)46(31-40-33-58-43-13-7-6-12-42(40)43)62-52(76)44(19-30-81-2)60-51(75)39-17-15-38(16-18-39)32-59-47(68)34-63-22-24-64(35-48(69)70)26-28-66(37-50(73)74)29-27-65(25-23-63)36-49(71)72/h6-7,12-13,15-18,33,44-46,58H,3-5,8-11,14,19-32,34-37H2,1-2H3,(H,59,68)(H,60,75)(H,61,77)(H,62,76)(H,69,70)(H,71,72)(H,73,74)(H,78,79)(H2,56,57,80)/t44?,45?,46-/m0/s1. The molecule has 11 N–H and O–H groups in total. The Morgan fingerprint density at radius 1 is 0.593 bits per heavy atom. The Labute approximate surface area is 476 Å². The lowest BCUT2D eigenvalue weighted by Gasteiger charge is -2.32. The second-order valence-corrected chi connectivity index (χ2v) is 21.0. The molecule has 0 radical (unpaired) electrons. The van der Waals surface area contributed by atoms with Gasteiger partial charge in [-0.05, 0) is 79.9 Å². The number of carbonyl (C=O) groups excluding carboxylic acids is 6. The predicted molar refractivity (Wildman–Crippen MR) is 304 cm³/mol. The Bertz CT molecular complexity index is 2520. The largest absolute Gasteiger partial charge is 0.480 e. The summed E-state index contributed by atoms with van der Waals surface area (Å²) in [5, 5.41) is 56.1. The summed E-state index contributed by atoms with van der Waals surface area (Å²) < 4.78 is 0. The number of Topliss-reactive ketones (excluding diaryl/α,β-unsaturated/α-hetero) is 1. The maximum absolute atomic E-state index is 14.2. The van der Waals surface area contributed by atoms with Gasteiger partial charge in [0.15, 0.2) is 0 Å². The van der Waals surface area contributed by atoms with Crippen molar-refractivity contribution in [1.82, 2.24) is 56.5 Å². The maximum Gasteiger partial charge on any atom is 0.326 e. The fourth-order valence-corrected chi connectivity index (χ4v) is 9.51. The number of aliphatic carboxylic acids is 4. The molecule has 25 nitrogen and oxygen atoms in total. The number of unbranched alkanes of at least 4 members (excludes halogenated alkanes) is 3. The fraction of sp³-hybridized carbons (Fsp3) is 0.564. The average molecular weight is 1150 g/mol. The summed E-state index contributed by atoms with van der Waals surface area (Å²) in [4.78, 5) is 136. The first-order chi connectivity index (χ1) is 38.8. The summed E-state index contributed by atoms with van der Waals surface area (Å²) in [5.41, 5.74) is 2.32. The van der Waals surface area contributed by atoms with Gasteiger partial charge < -0.3 is 57.3 Å². The summed E-state index contributed by atoms with van der Waals surface area (Å²) in [5.74, 6) is -6.15. The van der Waals surface area contributed by atoms with E-state index in [0.717, 1.165) is 30.2 Å². The maximum atomic E-state index is 14.2. The van der Waals surface area contributed by atoms with Crippen LogP contribution in [0.2, 0.25) is 0 Å². The number of benzene rings is 2. The number of H-pyrrole nitrogens is 1. The third-order valence-corrected chi connectivity index (χ3v) is 14.3. The van der Waals surface area contributed by atoms with E-state index in [9.17, 15) is 68.4 Å². The van der Waals surface area contributed by atoms with Crippen molar-refractivity contribution in [2.45, 2.75) is 95.8 Å². The molecular formula is C55H81N11O14S. The highest BCUT2D eigenvalue weighted by Crippen LogP contribution is 2.20. The van der Waals surface area contributed by atoms with Crippen molar-refractivity contribution in [3.05, 3.63) is 71.4 Å². The van der Waals surface area contributed by atoms with E-state index in [4.69, 9.17) is 0 Å². The zero-order chi connectivity index (χ0) is 59.1. The lowest BCUT2D eigenvalue weighted by atomic mass is 10.0. The van der Waals surface area contributed by atoms with E-state index in [1.54, 1.807) is 37.9 Å². The highest BCUT2D eigenvalue weighted by Gasteiger charge is 2.31. The zero-order valence-corrected chi connectivity index (χ0v) is 47.2. The van der Waals surface area contributed by atoms with Crippen LogP contribution in [0, 0.1) is 0 Å². The van der Waals surface area contributed by atoms with E-state index in [1.807, 2.05) is 37.4 Å². The summed E-state index contributed by atoms with van der Waals surface area (Å²) in [7, 11) is 0. The van der Waals surface area contributed by atoms with Crippen LogP contribution in [0.25, 0.3) is 10.9 Å². The molecule has 1 aromatic heterocycles. The van der Waals surface area contributed by atoms with Crippen LogP contribution in [0.5, 0.6) is 0 Å². The van der Waals surface area contributed by atoms with Gasteiger partial charge in [-0.2, -0.15) is 11.8 Å². The molecule has 3 aromatic rings. The molecule has 0 bridgehead atoms. The van der Waals surface area contributed by atoms with Crippen molar-refractivity contribution < 1.29 is 68.4 Å². The van der Waals surface area contributed by atoms with Crippen molar-refractivity contribution in [2.24, 2.45) is 0 Å². The molecule has 0 spiro atoms. The number of carbonyl (C=O) groups is 10. The van der Waals surface area contributed by atoms with Gasteiger partial charge in [-0.3, -0.25) is 58.0 Å². The van der Waals surface area contributed by atoms with Crippen molar-refractivity contribution in [3.8, 4) is 0 Å². The molecule has 0 saturated carbocycles. The minimum atomic E-state index is -1.32. The molecule has 1 aliphatic heterocycles. The molecular weight excluding hydrogens is 1070 g/mol. The molecule has 1 fully saturated rings. The third kappa shape index (κ3) is 25.9. The molecule has 81 heavy (non-hydrogen) atoms. The van der Waals surface area contributed by atoms with Crippen LogP contribution in [0.4, 0.5) is 4.79 Å². The van der Waals surface area contributed by atoms with Gasteiger partial charge in [-0.25, -0.2) is 9.59 Å². The predicted octanol–water partition coefficient (Wildman–Crippen LogP) is 1.42. The molecule has 2 heterocycles. The number of aromatic amines is 1. The minimum absolute atomic E-state index is 0.0175. The first-order valence-corrected chi connectivity index (χ1v) is 28.9. The van der Waals surface area contributed by atoms with Crippen molar-refractivity contribution in [2.75, 3.05) is 104 Å². The normalized spacial score (nSPS) is 15.2. The fourth-order valence-electron chi connectivity index (χ4n) is 9.04. The highest BCUT2D eigenvalue weighted by atomic mass is 32.2. The summed E-state index contributed by atoms with van der Waals surface area (Å²) in [6.45, 7) is 3.61. The zero-order valence-electron chi connectivity index (χ0n) is 46.4. The van der Waals surface area contributed by atoms with Crippen molar-refractivity contribution in [3.63, 3.8) is 0 Å². The monoisotopic (exact) mass is 1150 g/mol. The van der Waals surface area contributed by atoms with Gasteiger partial charge in [0.25, 0.3) is 5.91 Å². The van der Waals surface area contributed by atoms with Gasteiger partial charge in [-0.15, -0.1) is 0 Å². The number of carboxylic acids is 4. The van der Waals surface area contributed by atoms with E-state index in [1.165, 1.54) is 23.9 Å². The van der Waals surface area contributed by atoms with E-state index in [-0.39, 0.29) is 134 Å². The van der Waals surface area contributed by atoms with E-state index in [2.05, 4.69) is 36.9 Å². The van der Waals surface area contributed by atoms with E-state index in [0.29, 0.717) is 49.1 Å². The van der Waals surface area contributed by atoms with Crippen LogP contribution < -0.4 is 31.9 Å². The molecule has 446 valence electrons. The van der Waals surface area contributed by atoms with E-state index < -0.39 is 59.7 Å². The molecule has 1 aliphatic rings. The summed E-state index contributed by atoms with van der Waals surface area (Å²) in [6, 6.07) is 9.69. The summed E-state index contributed by atoms with van der Waals surface area (Å²) in [6.07, 6.45) is 7.90. The Morgan fingerprint density at radius 2 is 1.12 bits per heavy atom. The molecule has 2 aromatic carbocycles. The molecule has 3 atom stereocenters. The number of nitrogens with one attached hydrogen (secondary N) is 7. The number of hydrogen-bond donors (Lipinski definition) is 11. The molecule has 4 rings (SSSR count). The summed E-state index contributed by atoms with van der Waals surface area (Å²) >= 11 is 1.45. The number of rotatable bonds is 34. The number of thioether (sulfide) groups is 1. The van der Waals surface area contributed by atoms with E-state index >= 15 is 0 Å². The third-order valence-electron chi connectivity index (χ3n) is 13.7. The number of ketones is 1. The van der Waals surface area contributed by atoms with Gasteiger partial charge in [0, 0.05) is 114 Å². The van der Waals surface area contributed by atoms with Crippen molar-refractivity contribution >= 4 is 82.0 Å². The number of nitrogens with zero attached hydrogens (tertiary/aromatic N) is 4. The Hall–Kier alpha value is -7.13. The van der Waals surface area contributed by atoms with Gasteiger partial charge in [0.1, 0.15) is 23.9 Å². The van der Waals surface area contributed by atoms with Crippen LogP contribution in [0.15, 0.2) is 54.7 Å². The quantitative estimate of drug-likeness (QED) is 0.0377. The Morgan fingerprint density at radius 3 is 1.67 bits per heavy atom. The number of fused-ring (bicyclic) bond motifs is 1. The Kier molecular flexibility index (Phi) is 29.7. The van der Waals surface area contributed by atoms with Crippen molar-refractivity contribution in [1.29, 1.82) is 0 Å². The molecule has 6 amide bonds. The molecule has 2 unspecified atom stereocenters. The van der Waals surface area contributed by atoms with Crippen LogP contribution in [0.3, 0.4) is 0 Å². The molecule has 0 aliphatic carbocycles. The number of carboxylic acid groups (broad SMARTS) is 4. The molecule has 1 saturated heterocycles. The first-order valence-electron chi connectivity index (χ1n) is 27.5. The van der Waals surface area contributed by atoms with Crippen LogP contribution >= 0.6 is 11.8 Å². The van der Waals surface area contributed by atoms with Gasteiger partial charge >= 0.3 is 29.9 Å². The number of urea groups is 1. The van der Waals surface area contributed by atoms with Gasteiger partial charge in [0.2, 0.25) is 17.7 Å². The van der Waals surface area contributed by atoms with Gasteiger partial charge in [0.05, 0.1) is 26.2 Å². The number of aromatic nitrogens is 1. The second kappa shape index (κ2) is 36.3. The Balaban J connectivity index is 1.36. The van der Waals surface area contributed by atoms with Crippen LogP contribution in [-0.2, 0) is 51.3 Å². The topological polar surface area (TPSA) is 353 Å². The van der Waals surface area contributed by atoms with Crippen LogP contribution in [0.1, 0.15) is 86.2 Å². The average Bonchev–Trinajstić information content (AvgIpc) is 3.91. The molecule has 26 heteroatoms.